The average molecular weight is 287 g/mol. The van der Waals surface area contributed by atoms with E-state index < -0.39 is 0 Å². The van der Waals surface area contributed by atoms with Gasteiger partial charge in [-0.25, -0.2) is 15.0 Å². The van der Waals surface area contributed by atoms with Gasteiger partial charge in [0.15, 0.2) is 5.65 Å². The van der Waals surface area contributed by atoms with Crippen molar-refractivity contribution in [3.8, 4) is 0 Å². The first-order valence-corrected chi connectivity index (χ1v) is 6.98. The molecule has 3 heterocycles. The standard InChI is InChI=1S/C14H17N5O2/c20-14(16-3-4-19-5-7-21-8-6-19)12-2-1-11-9-15-10-17-13(11)18-12/h1-2,9-10H,3-8H2,(H,16,20). The molecule has 0 radical (unpaired) electrons. The molecule has 2 aromatic rings. The van der Waals surface area contributed by atoms with Gasteiger partial charge in [-0.1, -0.05) is 0 Å². The van der Waals surface area contributed by atoms with Crippen LogP contribution in [0.25, 0.3) is 11.0 Å². The molecule has 2 aromatic heterocycles. The largest absolute Gasteiger partial charge is 0.379 e. The van der Waals surface area contributed by atoms with Crippen LogP contribution in [0.4, 0.5) is 0 Å². The number of hydrogen-bond donors (Lipinski definition) is 1. The van der Waals surface area contributed by atoms with Crippen molar-refractivity contribution in [3.63, 3.8) is 0 Å². The molecule has 7 nitrogen and oxygen atoms in total. The number of morpholine rings is 1. The van der Waals surface area contributed by atoms with E-state index in [1.54, 1.807) is 18.3 Å². The van der Waals surface area contributed by atoms with Gasteiger partial charge >= 0.3 is 0 Å². The van der Waals surface area contributed by atoms with Crippen LogP contribution in [0.15, 0.2) is 24.7 Å². The first kappa shape index (κ1) is 13.8. The fourth-order valence-electron chi connectivity index (χ4n) is 2.23. The van der Waals surface area contributed by atoms with Crippen LogP contribution in [-0.4, -0.2) is 65.2 Å². The summed E-state index contributed by atoms with van der Waals surface area (Å²) in [6.07, 6.45) is 3.10. The average Bonchev–Trinajstić information content (AvgIpc) is 2.55. The number of pyridine rings is 1. The third-order valence-corrected chi connectivity index (χ3v) is 3.42. The number of amides is 1. The molecule has 1 N–H and O–H groups in total. The van der Waals surface area contributed by atoms with E-state index in [0.29, 0.717) is 17.9 Å². The molecule has 0 saturated carbocycles. The number of carbonyl (C=O) groups excluding carboxylic acids is 1. The van der Waals surface area contributed by atoms with Crippen molar-refractivity contribution in [2.45, 2.75) is 0 Å². The molecule has 110 valence electrons. The minimum atomic E-state index is -0.177. The predicted molar refractivity (Wildman–Crippen MR) is 76.9 cm³/mol. The molecule has 1 aliphatic rings. The van der Waals surface area contributed by atoms with Crippen molar-refractivity contribution in [3.05, 3.63) is 30.4 Å². The molecular weight excluding hydrogens is 270 g/mol. The highest BCUT2D eigenvalue weighted by Gasteiger charge is 2.12. The number of rotatable bonds is 4. The summed E-state index contributed by atoms with van der Waals surface area (Å²) in [5.41, 5.74) is 0.911. The monoisotopic (exact) mass is 287 g/mol. The second-order valence-corrected chi connectivity index (χ2v) is 4.84. The molecule has 0 spiro atoms. The van der Waals surface area contributed by atoms with Gasteiger partial charge in [0.2, 0.25) is 0 Å². The summed E-state index contributed by atoms with van der Waals surface area (Å²) in [5.74, 6) is -0.177. The zero-order valence-electron chi connectivity index (χ0n) is 11.7. The highest BCUT2D eigenvalue weighted by Crippen LogP contribution is 2.07. The van der Waals surface area contributed by atoms with Gasteiger partial charge in [0.25, 0.3) is 5.91 Å². The quantitative estimate of drug-likeness (QED) is 0.858. The Kier molecular flexibility index (Phi) is 4.32. The maximum atomic E-state index is 12.1. The maximum Gasteiger partial charge on any atom is 0.270 e. The highest BCUT2D eigenvalue weighted by atomic mass is 16.5. The Balaban J connectivity index is 1.56. The molecule has 1 amide bonds. The second-order valence-electron chi connectivity index (χ2n) is 4.84. The highest BCUT2D eigenvalue weighted by molar-refractivity contribution is 5.94. The lowest BCUT2D eigenvalue weighted by molar-refractivity contribution is 0.0383. The van der Waals surface area contributed by atoms with Gasteiger partial charge < -0.3 is 10.1 Å². The summed E-state index contributed by atoms with van der Waals surface area (Å²) in [4.78, 5) is 26.6. The first-order valence-electron chi connectivity index (χ1n) is 6.98. The van der Waals surface area contributed by atoms with Crippen LogP contribution in [-0.2, 0) is 4.74 Å². The first-order chi connectivity index (χ1) is 10.3. The molecule has 21 heavy (non-hydrogen) atoms. The minimum Gasteiger partial charge on any atom is -0.379 e. The maximum absolute atomic E-state index is 12.1. The van der Waals surface area contributed by atoms with Crippen molar-refractivity contribution in [2.24, 2.45) is 0 Å². The summed E-state index contributed by atoms with van der Waals surface area (Å²) in [5, 5.41) is 3.71. The van der Waals surface area contributed by atoms with Crippen molar-refractivity contribution < 1.29 is 9.53 Å². The topological polar surface area (TPSA) is 80.2 Å². The number of nitrogens with one attached hydrogen (secondary N) is 1. The predicted octanol–water partition coefficient (Wildman–Crippen LogP) is 0.0868. The number of hydrogen-bond acceptors (Lipinski definition) is 6. The van der Waals surface area contributed by atoms with Crippen molar-refractivity contribution in [1.29, 1.82) is 0 Å². The van der Waals surface area contributed by atoms with Gasteiger partial charge in [-0.05, 0) is 12.1 Å². The summed E-state index contributed by atoms with van der Waals surface area (Å²) < 4.78 is 5.29. The van der Waals surface area contributed by atoms with Crippen molar-refractivity contribution in [2.75, 3.05) is 39.4 Å². The normalized spacial score (nSPS) is 16.0. The van der Waals surface area contributed by atoms with Crippen LogP contribution < -0.4 is 5.32 Å². The summed E-state index contributed by atoms with van der Waals surface area (Å²) in [6, 6.07) is 3.50. The molecule has 0 aromatic carbocycles. The molecule has 7 heteroatoms. The van der Waals surface area contributed by atoms with E-state index in [1.165, 1.54) is 6.33 Å². The Labute approximate surface area is 122 Å². The molecule has 0 aliphatic carbocycles. The molecule has 0 unspecified atom stereocenters. The van der Waals surface area contributed by atoms with E-state index in [-0.39, 0.29) is 5.91 Å². The second kappa shape index (κ2) is 6.55. The molecule has 0 bridgehead atoms. The number of nitrogens with zero attached hydrogens (tertiary/aromatic N) is 4. The van der Waals surface area contributed by atoms with Gasteiger partial charge in [0, 0.05) is 37.8 Å². The van der Waals surface area contributed by atoms with Crippen LogP contribution in [0.3, 0.4) is 0 Å². The van der Waals surface area contributed by atoms with E-state index in [9.17, 15) is 4.79 Å². The zero-order chi connectivity index (χ0) is 14.5. The van der Waals surface area contributed by atoms with Crippen LogP contribution in [0, 0.1) is 0 Å². The Hall–Kier alpha value is -2.12. The molecular formula is C14H17N5O2. The van der Waals surface area contributed by atoms with Gasteiger partial charge in [0.1, 0.15) is 12.0 Å². The lowest BCUT2D eigenvalue weighted by Gasteiger charge is -2.26. The van der Waals surface area contributed by atoms with E-state index >= 15 is 0 Å². The number of ether oxygens (including phenoxy) is 1. The third kappa shape index (κ3) is 3.50. The molecule has 1 saturated heterocycles. The zero-order valence-corrected chi connectivity index (χ0v) is 11.7. The fourth-order valence-corrected chi connectivity index (χ4v) is 2.23. The Morgan fingerprint density at radius 1 is 1.33 bits per heavy atom. The summed E-state index contributed by atoms with van der Waals surface area (Å²) in [7, 11) is 0. The Morgan fingerprint density at radius 3 is 3.05 bits per heavy atom. The van der Waals surface area contributed by atoms with Crippen molar-refractivity contribution >= 4 is 16.9 Å². The van der Waals surface area contributed by atoms with Crippen LogP contribution in [0.2, 0.25) is 0 Å². The van der Waals surface area contributed by atoms with Crippen LogP contribution in [0.5, 0.6) is 0 Å². The molecule has 1 aliphatic heterocycles. The van der Waals surface area contributed by atoms with Gasteiger partial charge in [-0.15, -0.1) is 0 Å². The number of fused-ring (bicyclic) bond motifs is 1. The van der Waals surface area contributed by atoms with E-state index in [0.717, 1.165) is 38.2 Å². The molecule has 3 rings (SSSR count). The van der Waals surface area contributed by atoms with Gasteiger partial charge in [0.05, 0.1) is 13.2 Å². The fraction of sp³-hybridized carbons (Fsp3) is 0.429. The molecule has 1 fully saturated rings. The van der Waals surface area contributed by atoms with E-state index in [2.05, 4.69) is 25.2 Å². The van der Waals surface area contributed by atoms with Gasteiger partial charge in [-0.2, -0.15) is 0 Å². The Bertz CT molecular complexity index is 628. The van der Waals surface area contributed by atoms with E-state index in [1.807, 2.05) is 0 Å². The summed E-state index contributed by atoms with van der Waals surface area (Å²) in [6.45, 7) is 4.79. The smallest absolute Gasteiger partial charge is 0.270 e. The van der Waals surface area contributed by atoms with E-state index in [4.69, 9.17) is 4.74 Å². The van der Waals surface area contributed by atoms with Gasteiger partial charge in [-0.3, -0.25) is 9.69 Å². The number of carbonyl (C=O) groups is 1. The minimum absolute atomic E-state index is 0.177. The third-order valence-electron chi connectivity index (χ3n) is 3.42. The Morgan fingerprint density at radius 2 is 2.19 bits per heavy atom. The lowest BCUT2D eigenvalue weighted by atomic mass is 10.3. The van der Waals surface area contributed by atoms with Crippen molar-refractivity contribution in [1.82, 2.24) is 25.2 Å². The lowest BCUT2D eigenvalue weighted by Crippen LogP contribution is -2.41. The summed E-state index contributed by atoms with van der Waals surface area (Å²) >= 11 is 0. The van der Waals surface area contributed by atoms with Crippen LogP contribution >= 0.6 is 0 Å². The van der Waals surface area contributed by atoms with Crippen LogP contribution in [0.1, 0.15) is 10.5 Å². The SMILES string of the molecule is O=C(NCCN1CCOCC1)c1ccc2cncnc2n1. The molecule has 0 atom stereocenters. The number of aromatic nitrogens is 3.